The molecule has 2 fully saturated rings. The summed E-state index contributed by atoms with van der Waals surface area (Å²) >= 11 is 0. The van der Waals surface area contributed by atoms with Gasteiger partial charge in [-0.3, -0.25) is 4.90 Å². The molecule has 3 heteroatoms. The number of para-hydroxylation sites is 1. The van der Waals surface area contributed by atoms with Crippen LogP contribution in [-0.4, -0.2) is 42.7 Å². The van der Waals surface area contributed by atoms with Crippen molar-refractivity contribution in [2.75, 3.05) is 26.2 Å². The molecule has 1 aromatic carbocycles. The fourth-order valence-electron chi connectivity index (χ4n) is 3.89. The summed E-state index contributed by atoms with van der Waals surface area (Å²) < 4.78 is 6.09. The van der Waals surface area contributed by atoms with E-state index >= 15 is 0 Å². The second-order valence-corrected chi connectivity index (χ2v) is 6.91. The fraction of sp³-hybridized carbons (Fsp3) is 0.647. The average Bonchev–Trinajstić information content (AvgIpc) is 3.21. The van der Waals surface area contributed by atoms with Gasteiger partial charge in [0.1, 0.15) is 11.9 Å². The third-order valence-electron chi connectivity index (χ3n) is 5.16. The van der Waals surface area contributed by atoms with Crippen LogP contribution in [0.5, 0.6) is 5.75 Å². The smallest absolute Gasteiger partial charge is 0.123 e. The largest absolute Gasteiger partial charge is 0.488 e. The number of hydrogen-bond acceptors (Lipinski definition) is 3. The fourth-order valence-corrected chi connectivity index (χ4v) is 3.89. The average molecular weight is 272 g/mol. The maximum Gasteiger partial charge on any atom is 0.123 e. The molecule has 4 rings (SSSR count). The van der Waals surface area contributed by atoms with E-state index in [1.165, 1.54) is 24.9 Å². The van der Waals surface area contributed by atoms with Crippen molar-refractivity contribution < 1.29 is 4.74 Å². The van der Waals surface area contributed by atoms with Crippen molar-refractivity contribution in [3.63, 3.8) is 0 Å². The molecule has 2 aliphatic heterocycles. The number of hydrogen-bond donors (Lipinski definition) is 1. The first-order valence-electron chi connectivity index (χ1n) is 7.95. The Morgan fingerprint density at radius 1 is 1.35 bits per heavy atom. The molecule has 1 saturated heterocycles. The van der Waals surface area contributed by atoms with Crippen molar-refractivity contribution in [1.82, 2.24) is 10.2 Å². The third kappa shape index (κ3) is 2.33. The second-order valence-electron chi connectivity index (χ2n) is 6.91. The molecule has 3 aliphatic rings. The predicted octanol–water partition coefficient (Wildman–Crippen LogP) is 2.06. The molecule has 2 atom stereocenters. The topological polar surface area (TPSA) is 24.5 Å². The summed E-state index contributed by atoms with van der Waals surface area (Å²) in [5, 5.41) is 3.75. The van der Waals surface area contributed by atoms with E-state index < -0.39 is 0 Å². The molecular formula is C17H24N2O. The maximum atomic E-state index is 6.09. The Bertz CT molecular complexity index is 475. The molecule has 1 saturated carbocycles. The molecule has 1 N–H and O–H groups in total. The number of nitrogens with zero attached hydrogens (tertiary/aromatic N) is 1. The highest BCUT2D eigenvalue weighted by atomic mass is 16.5. The lowest BCUT2D eigenvalue weighted by Crippen LogP contribution is -2.61. The van der Waals surface area contributed by atoms with Gasteiger partial charge >= 0.3 is 0 Å². The van der Waals surface area contributed by atoms with Crippen LogP contribution >= 0.6 is 0 Å². The van der Waals surface area contributed by atoms with Crippen LogP contribution < -0.4 is 10.1 Å². The summed E-state index contributed by atoms with van der Waals surface area (Å²) in [7, 11) is 0. The van der Waals surface area contributed by atoms with Crippen molar-refractivity contribution in [2.24, 2.45) is 5.92 Å². The number of ether oxygens (including phenoxy) is 1. The van der Waals surface area contributed by atoms with Gasteiger partial charge in [0.2, 0.25) is 0 Å². The molecule has 1 aliphatic carbocycles. The number of nitrogens with one attached hydrogen (secondary N) is 1. The molecule has 108 valence electrons. The van der Waals surface area contributed by atoms with Gasteiger partial charge in [0.15, 0.2) is 0 Å². The van der Waals surface area contributed by atoms with Gasteiger partial charge in [-0.15, -0.1) is 0 Å². The van der Waals surface area contributed by atoms with E-state index in [9.17, 15) is 0 Å². The summed E-state index contributed by atoms with van der Waals surface area (Å²) in [6, 6.07) is 8.47. The Hall–Kier alpha value is -1.06. The van der Waals surface area contributed by atoms with Crippen molar-refractivity contribution in [2.45, 2.75) is 37.8 Å². The van der Waals surface area contributed by atoms with Crippen molar-refractivity contribution in [3.8, 4) is 5.75 Å². The standard InChI is InChI=1S/C17H24N2O/c1-17(14-6-7-14)12-19(9-8-18-17)11-15-10-13-4-2-3-5-16(13)20-15/h2-5,14-15,18H,6-12H2,1H3. The Morgan fingerprint density at radius 3 is 3.00 bits per heavy atom. The Labute approximate surface area is 121 Å². The van der Waals surface area contributed by atoms with Gasteiger partial charge in [-0.05, 0) is 37.3 Å². The summed E-state index contributed by atoms with van der Waals surface area (Å²) in [6.07, 6.45) is 4.22. The highest BCUT2D eigenvalue weighted by Crippen LogP contribution is 2.41. The first-order valence-corrected chi connectivity index (χ1v) is 7.95. The van der Waals surface area contributed by atoms with Gasteiger partial charge in [0.25, 0.3) is 0 Å². The predicted molar refractivity (Wildman–Crippen MR) is 80.1 cm³/mol. The highest BCUT2D eigenvalue weighted by Gasteiger charge is 2.44. The number of rotatable bonds is 3. The molecule has 0 amide bonds. The zero-order valence-electron chi connectivity index (χ0n) is 12.3. The Morgan fingerprint density at radius 2 is 2.20 bits per heavy atom. The van der Waals surface area contributed by atoms with Gasteiger partial charge in [-0.2, -0.15) is 0 Å². The molecule has 0 bridgehead atoms. The van der Waals surface area contributed by atoms with Crippen LogP contribution in [0.25, 0.3) is 0 Å². The Balaban J connectivity index is 1.38. The van der Waals surface area contributed by atoms with E-state index in [0.29, 0.717) is 11.6 Å². The maximum absolute atomic E-state index is 6.09. The molecule has 2 unspecified atom stereocenters. The van der Waals surface area contributed by atoms with Crippen molar-refractivity contribution in [1.29, 1.82) is 0 Å². The van der Waals surface area contributed by atoms with Crippen LogP contribution in [-0.2, 0) is 6.42 Å². The zero-order valence-corrected chi connectivity index (χ0v) is 12.3. The lowest BCUT2D eigenvalue weighted by atomic mass is 9.92. The minimum Gasteiger partial charge on any atom is -0.488 e. The quantitative estimate of drug-likeness (QED) is 0.911. The Kier molecular flexibility index (Phi) is 3.00. The van der Waals surface area contributed by atoms with E-state index in [0.717, 1.165) is 37.7 Å². The summed E-state index contributed by atoms with van der Waals surface area (Å²) in [5.41, 5.74) is 1.71. The molecule has 1 aromatic rings. The minimum atomic E-state index is 0.337. The molecule has 20 heavy (non-hydrogen) atoms. The zero-order chi connectivity index (χ0) is 13.6. The minimum absolute atomic E-state index is 0.337. The van der Waals surface area contributed by atoms with Crippen molar-refractivity contribution in [3.05, 3.63) is 29.8 Å². The molecule has 3 nitrogen and oxygen atoms in total. The summed E-state index contributed by atoms with van der Waals surface area (Å²) in [4.78, 5) is 2.60. The lowest BCUT2D eigenvalue weighted by molar-refractivity contribution is 0.0860. The van der Waals surface area contributed by atoms with Gasteiger partial charge < -0.3 is 10.1 Å². The van der Waals surface area contributed by atoms with Gasteiger partial charge in [-0.25, -0.2) is 0 Å². The number of benzene rings is 1. The van der Waals surface area contributed by atoms with E-state index in [2.05, 4.69) is 41.4 Å². The van der Waals surface area contributed by atoms with Gasteiger partial charge in [-0.1, -0.05) is 18.2 Å². The lowest BCUT2D eigenvalue weighted by Gasteiger charge is -2.42. The first kappa shape index (κ1) is 12.7. The second kappa shape index (κ2) is 4.74. The van der Waals surface area contributed by atoms with E-state index in [-0.39, 0.29) is 0 Å². The van der Waals surface area contributed by atoms with Crippen LogP contribution in [0.4, 0.5) is 0 Å². The van der Waals surface area contributed by atoms with E-state index in [1.54, 1.807) is 0 Å². The van der Waals surface area contributed by atoms with Crippen LogP contribution in [0.15, 0.2) is 24.3 Å². The van der Waals surface area contributed by atoms with Gasteiger partial charge in [0, 0.05) is 38.1 Å². The number of piperazine rings is 1. The molecule has 2 heterocycles. The molecule has 0 spiro atoms. The normalized spacial score (nSPS) is 33.8. The number of fused-ring (bicyclic) bond motifs is 1. The SMILES string of the molecule is CC1(C2CC2)CN(CC2Cc3ccccc3O2)CCN1. The van der Waals surface area contributed by atoms with Gasteiger partial charge in [0.05, 0.1) is 0 Å². The van der Waals surface area contributed by atoms with Crippen LogP contribution in [0.1, 0.15) is 25.3 Å². The van der Waals surface area contributed by atoms with E-state index in [4.69, 9.17) is 4.74 Å². The molecular weight excluding hydrogens is 248 g/mol. The van der Waals surface area contributed by atoms with Crippen LogP contribution in [0.3, 0.4) is 0 Å². The van der Waals surface area contributed by atoms with Crippen LogP contribution in [0, 0.1) is 5.92 Å². The first-order chi connectivity index (χ1) is 9.73. The molecule has 0 radical (unpaired) electrons. The van der Waals surface area contributed by atoms with Crippen molar-refractivity contribution >= 4 is 0 Å². The summed E-state index contributed by atoms with van der Waals surface area (Å²) in [5.74, 6) is 1.99. The highest BCUT2D eigenvalue weighted by molar-refractivity contribution is 5.37. The summed E-state index contributed by atoms with van der Waals surface area (Å²) in [6.45, 7) is 6.92. The van der Waals surface area contributed by atoms with Crippen LogP contribution in [0.2, 0.25) is 0 Å². The molecule has 0 aromatic heterocycles. The third-order valence-corrected chi connectivity index (χ3v) is 5.16. The monoisotopic (exact) mass is 272 g/mol. The van der Waals surface area contributed by atoms with E-state index in [1.807, 2.05) is 0 Å².